The monoisotopic (exact) mass is 1570 g/mol. The van der Waals surface area contributed by atoms with E-state index in [4.69, 9.17) is 36.7 Å². The molecular weight excluding hydrogens is 1400 g/mol. The predicted octanol–water partition coefficient (Wildman–Crippen LogP) is 33.1. The molecular formula is C87H174N3S6Sb. The van der Waals surface area contributed by atoms with Crippen LogP contribution in [0, 0.1) is 0 Å². The minimum absolute atomic E-state index is 1.12. The fourth-order valence-electron chi connectivity index (χ4n) is 14.2. The molecule has 0 N–H and O–H groups in total. The Balaban J connectivity index is 6.62. The van der Waals surface area contributed by atoms with E-state index in [0.717, 1.165) is 39.3 Å². The molecule has 0 aromatic carbocycles. The van der Waals surface area contributed by atoms with Crippen molar-refractivity contribution in [1.29, 1.82) is 0 Å². The van der Waals surface area contributed by atoms with Crippen molar-refractivity contribution in [3.05, 3.63) is 0 Å². The Labute approximate surface area is 644 Å². The quantitative estimate of drug-likeness (QED) is 0.0332. The molecule has 3 nitrogen and oxygen atoms in total. The van der Waals surface area contributed by atoms with Crippen molar-refractivity contribution in [2.45, 2.75) is 504 Å². The first-order valence-electron chi connectivity index (χ1n) is 44.6. The van der Waals surface area contributed by atoms with Gasteiger partial charge in [0.05, 0.1) is 0 Å². The summed E-state index contributed by atoms with van der Waals surface area (Å²) < 4.78 is 3.55. The Morgan fingerprint density at radius 2 is 0.258 bits per heavy atom. The summed E-state index contributed by atoms with van der Waals surface area (Å²) in [5.74, 6) is 0. The van der Waals surface area contributed by atoms with E-state index in [1.165, 1.54) is 475 Å². The summed E-state index contributed by atoms with van der Waals surface area (Å²) in [6.07, 6.45) is 100. The number of rotatable bonds is 81. The Hall–Kier alpha value is 1.54. The van der Waals surface area contributed by atoms with E-state index in [1.54, 1.807) is 0 Å². The van der Waals surface area contributed by atoms with Crippen molar-refractivity contribution in [3.63, 3.8) is 0 Å². The molecule has 0 aliphatic heterocycles. The van der Waals surface area contributed by atoms with Crippen LogP contribution in [0.5, 0.6) is 0 Å². The maximum atomic E-state index is 6.80. The van der Waals surface area contributed by atoms with Crippen molar-refractivity contribution in [1.82, 2.24) is 14.7 Å². The summed E-state index contributed by atoms with van der Waals surface area (Å²) in [7, 11) is 6.41. The van der Waals surface area contributed by atoms with Gasteiger partial charge in [-0.05, 0) is 0 Å². The molecule has 0 amide bonds. The van der Waals surface area contributed by atoms with Crippen LogP contribution in [0.3, 0.4) is 0 Å². The van der Waals surface area contributed by atoms with Gasteiger partial charge in [0, 0.05) is 0 Å². The number of hydrogen-bond donors (Lipinski definition) is 0. The average molecular weight is 1580 g/mol. The van der Waals surface area contributed by atoms with Crippen molar-refractivity contribution in [2.75, 3.05) is 39.3 Å². The maximum absolute atomic E-state index is 6.80. The van der Waals surface area contributed by atoms with Crippen molar-refractivity contribution >= 4 is 92.2 Å². The second-order valence-electron chi connectivity index (χ2n) is 30.6. The van der Waals surface area contributed by atoms with Crippen LogP contribution in [0.1, 0.15) is 504 Å². The van der Waals surface area contributed by atoms with Crippen molar-refractivity contribution < 1.29 is 0 Å². The van der Waals surface area contributed by atoms with E-state index >= 15 is 0 Å². The molecule has 0 unspecified atom stereocenters. The van der Waals surface area contributed by atoms with E-state index in [0.29, 0.717) is 0 Å². The summed E-state index contributed by atoms with van der Waals surface area (Å²) in [4.78, 5) is 8.14. The van der Waals surface area contributed by atoms with Crippen LogP contribution in [0.25, 0.3) is 0 Å². The van der Waals surface area contributed by atoms with E-state index in [2.05, 4.69) is 82.8 Å². The minimum atomic E-state index is -2.43. The normalized spacial score (nSPS) is 11.7. The van der Waals surface area contributed by atoms with Crippen molar-refractivity contribution in [3.8, 4) is 0 Å². The summed E-state index contributed by atoms with van der Waals surface area (Å²) in [5, 5.41) is 0. The molecule has 578 valence electrons. The third-order valence-corrected chi connectivity index (χ3v) is 44.7. The molecule has 0 aliphatic rings. The third kappa shape index (κ3) is 74.2. The number of hydrogen-bond acceptors (Lipinski definition) is 6. The van der Waals surface area contributed by atoms with Gasteiger partial charge < -0.3 is 0 Å². The van der Waals surface area contributed by atoms with Crippen LogP contribution >= 0.6 is 63.2 Å². The van der Waals surface area contributed by atoms with Crippen LogP contribution in [0.2, 0.25) is 0 Å². The van der Waals surface area contributed by atoms with Crippen LogP contribution < -0.4 is 0 Å². The zero-order valence-electron chi connectivity index (χ0n) is 66.9. The Kier molecular flexibility index (Phi) is 86.1. The first-order valence-corrected chi connectivity index (χ1v) is 57.5. The smallest absolute Gasteiger partial charge is 0.0654 e. The Morgan fingerprint density at radius 1 is 0.165 bits per heavy atom. The topological polar surface area (TPSA) is 9.72 Å². The Morgan fingerprint density at radius 3 is 0.361 bits per heavy atom. The van der Waals surface area contributed by atoms with Gasteiger partial charge in [-0.2, -0.15) is 0 Å². The van der Waals surface area contributed by atoms with E-state index < -0.39 is 16.0 Å². The molecule has 0 radical (unpaired) electrons. The van der Waals surface area contributed by atoms with E-state index in [9.17, 15) is 0 Å². The Bertz CT molecular complexity index is 1300. The molecule has 0 aromatic heterocycles. The van der Waals surface area contributed by atoms with Crippen LogP contribution in [-0.4, -0.2) is 82.9 Å². The molecule has 0 bridgehead atoms. The number of thiocarbonyl (C=S) groups is 3. The summed E-state index contributed by atoms with van der Waals surface area (Å²) in [6, 6.07) is 0. The summed E-state index contributed by atoms with van der Waals surface area (Å²) in [5.41, 5.74) is 0. The summed E-state index contributed by atoms with van der Waals surface area (Å²) >= 11 is 18.0. The predicted molar refractivity (Wildman–Crippen MR) is 468 cm³/mol. The second-order valence-corrected chi connectivity index (χ2v) is 52.2. The molecule has 0 aliphatic carbocycles. The van der Waals surface area contributed by atoms with Gasteiger partial charge in [-0.15, -0.1) is 0 Å². The van der Waals surface area contributed by atoms with Gasteiger partial charge in [0.15, 0.2) is 0 Å². The molecule has 0 fully saturated rings. The molecule has 97 heavy (non-hydrogen) atoms. The zero-order chi connectivity index (χ0) is 70.3. The van der Waals surface area contributed by atoms with Gasteiger partial charge in [-0.25, -0.2) is 0 Å². The van der Waals surface area contributed by atoms with Gasteiger partial charge >= 0.3 is 454 Å². The molecule has 0 spiro atoms. The average Bonchev–Trinajstić information content (AvgIpc) is 1.14. The standard InChI is InChI=1S/3C29H59NS2.Sb/c3*1-3-5-7-9-11-13-15-17-19-21-23-25-27-30(29(31)32)28-26-24-22-20-18-16-14-12-10-8-6-4-2;/h3*3-28H2,1-2H3,(H,31,32);/q;;;+3/p-3. The van der Waals surface area contributed by atoms with Gasteiger partial charge in [-0.3, -0.25) is 0 Å². The fraction of sp³-hybridized carbons (Fsp3) is 0.966. The number of unbranched alkanes of at least 4 members (excludes halogenated alkanes) is 66. The van der Waals surface area contributed by atoms with Crippen LogP contribution in [0.15, 0.2) is 0 Å². The molecule has 0 saturated heterocycles. The summed E-state index contributed by atoms with van der Waals surface area (Å²) in [6.45, 7) is 20.7. The molecule has 0 rings (SSSR count). The van der Waals surface area contributed by atoms with Gasteiger partial charge in [0.1, 0.15) is 0 Å². The third-order valence-electron chi connectivity index (χ3n) is 20.9. The molecule has 10 heteroatoms. The number of nitrogens with zero attached hydrogens (tertiary/aromatic N) is 3. The van der Waals surface area contributed by atoms with E-state index in [-0.39, 0.29) is 0 Å². The zero-order valence-corrected chi connectivity index (χ0v) is 74.3. The van der Waals surface area contributed by atoms with Crippen molar-refractivity contribution in [2.24, 2.45) is 0 Å². The van der Waals surface area contributed by atoms with Gasteiger partial charge in [0.2, 0.25) is 0 Å². The fourth-order valence-corrected chi connectivity index (χ4v) is 44.3. The molecule has 0 aromatic rings. The van der Waals surface area contributed by atoms with Gasteiger partial charge in [-0.1, -0.05) is 196 Å². The molecule has 0 heterocycles. The second kappa shape index (κ2) is 84.8. The minimum Gasteiger partial charge on any atom is -0.0654 e. The SMILES string of the molecule is CCCCCCCCCCCCCCN(CCCCCCCCCCCCCC)C(=S)[S][Sb]([S]C(=S)N(CCCCCCCCCCCCCC)CCCCCCCCCCCCCC)[S]C(=S)N(CCCCCCCCCCCCCC)CCCCCCCCCCCCCC. The van der Waals surface area contributed by atoms with E-state index in [1.807, 2.05) is 0 Å². The first-order chi connectivity index (χ1) is 47.9. The molecule has 0 saturated carbocycles. The first kappa shape index (κ1) is 98.5. The van der Waals surface area contributed by atoms with Gasteiger partial charge in [0.25, 0.3) is 0 Å². The van der Waals surface area contributed by atoms with Crippen LogP contribution in [-0.2, 0) is 0 Å². The van der Waals surface area contributed by atoms with Crippen LogP contribution in [0.4, 0.5) is 0 Å². The molecule has 0 atom stereocenters.